The lowest BCUT2D eigenvalue weighted by Gasteiger charge is -2.30. The Labute approximate surface area is 113 Å². The highest BCUT2D eigenvalue weighted by Gasteiger charge is 2.41. The molecule has 19 heavy (non-hydrogen) atoms. The third-order valence-electron chi connectivity index (χ3n) is 3.83. The van der Waals surface area contributed by atoms with Crippen LogP contribution in [0.5, 0.6) is 0 Å². The summed E-state index contributed by atoms with van der Waals surface area (Å²) in [7, 11) is 0. The molecule has 1 fully saturated rings. The molecule has 0 saturated heterocycles. The molecule has 1 aliphatic heterocycles. The van der Waals surface area contributed by atoms with Gasteiger partial charge in [-0.15, -0.1) is 0 Å². The molecule has 5 nitrogen and oxygen atoms in total. The molecule has 1 heterocycles. The van der Waals surface area contributed by atoms with Crippen LogP contribution in [0.3, 0.4) is 0 Å². The lowest BCUT2D eigenvalue weighted by atomic mass is 9.79. The molecule has 104 valence electrons. The van der Waals surface area contributed by atoms with Crippen molar-refractivity contribution in [3.8, 4) is 0 Å². The molecule has 1 amide bonds. The van der Waals surface area contributed by atoms with Crippen LogP contribution in [0, 0.1) is 11.8 Å². The first-order valence-electron chi connectivity index (χ1n) is 6.82. The summed E-state index contributed by atoms with van der Waals surface area (Å²) in [5.41, 5.74) is 1.11. The number of fused-ring (bicyclic) bond motifs is 1. The first-order chi connectivity index (χ1) is 9.00. The number of hydrogen-bond donors (Lipinski definition) is 1. The molecule has 0 aromatic rings. The smallest absolute Gasteiger partial charge is 0.328 e. The normalized spacial score (nSPS) is 26.7. The molecule has 0 spiro atoms. The van der Waals surface area contributed by atoms with Gasteiger partial charge in [0.2, 0.25) is 0 Å². The van der Waals surface area contributed by atoms with Gasteiger partial charge in [-0.05, 0) is 25.2 Å². The lowest BCUT2D eigenvalue weighted by Crippen LogP contribution is -2.41. The molecule has 0 unspecified atom stereocenters. The second kappa shape index (κ2) is 5.55. The van der Waals surface area contributed by atoms with Crippen molar-refractivity contribution in [2.24, 2.45) is 16.9 Å². The maximum atomic E-state index is 12.1. The van der Waals surface area contributed by atoms with E-state index in [-0.39, 0.29) is 11.9 Å². The molecule has 0 radical (unpaired) electrons. The number of carboxylic acids is 1. The molecule has 2 aliphatic rings. The van der Waals surface area contributed by atoms with Gasteiger partial charge < -0.3 is 5.11 Å². The van der Waals surface area contributed by atoms with Gasteiger partial charge >= 0.3 is 5.97 Å². The van der Waals surface area contributed by atoms with Gasteiger partial charge in [0, 0.05) is 23.8 Å². The largest absolute Gasteiger partial charge is 0.478 e. The maximum Gasteiger partial charge on any atom is 0.328 e. The molecule has 1 aliphatic carbocycles. The van der Waals surface area contributed by atoms with E-state index in [4.69, 9.17) is 5.11 Å². The van der Waals surface area contributed by atoms with Crippen LogP contribution in [0.4, 0.5) is 0 Å². The number of hydrogen-bond acceptors (Lipinski definition) is 3. The monoisotopic (exact) mass is 264 g/mol. The summed E-state index contributed by atoms with van der Waals surface area (Å²) in [5.74, 6) is -0.774. The van der Waals surface area contributed by atoms with Crippen LogP contribution in [0.15, 0.2) is 17.3 Å². The topological polar surface area (TPSA) is 70.0 Å². The highest BCUT2D eigenvalue weighted by Crippen LogP contribution is 2.36. The molecule has 2 atom stereocenters. The van der Waals surface area contributed by atoms with Gasteiger partial charge in [-0.1, -0.05) is 20.3 Å². The van der Waals surface area contributed by atoms with Crippen LogP contribution in [0.25, 0.3) is 0 Å². The van der Waals surface area contributed by atoms with Gasteiger partial charge in [0.05, 0.1) is 6.04 Å². The predicted octanol–water partition coefficient (Wildman–Crippen LogP) is 2.04. The van der Waals surface area contributed by atoms with Crippen LogP contribution in [0.2, 0.25) is 0 Å². The first kappa shape index (κ1) is 13.8. The molecule has 1 saturated carbocycles. The van der Waals surface area contributed by atoms with E-state index in [0.29, 0.717) is 11.8 Å². The van der Waals surface area contributed by atoms with Crippen molar-refractivity contribution in [2.45, 2.75) is 45.6 Å². The number of hydrazone groups is 1. The van der Waals surface area contributed by atoms with E-state index in [0.717, 1.165) is 37.1 Å². The SMILES string of the molecule is CC(C)[C@@H]1[C@@H]2CCCCC2=NN1C(=O)/C=C/C(=O)O. The summed E-state index contributed by atoms with van der Waals surface area (Å²) < 4.78 is 0. The summed E-state index contributed by atoms with van der Waals surface area (Å²) in [5, 5.41) is 14.5. The zero-order chi connectivity index (χ0) is 14.0. The number of carbonyl (C=O) groups is 2. The third-order valence-corrected chi connectivity index (χ3v) is 3.83. The second-order valence-corrected chi connectivity index (χ2v) is 5.53. The molecule has 0 aromatic heterocycles. The summed E-state index contributed by atoms with van der Waals surface area (Å²) in [6.07, 6.45) is 6.32. The van der Waals surface area contributed by atoms with Crippen molar-refractivity contribution in [3.05, 3.63) is 12.2 Å². The number of carbonyl (C=O) groups excluding carboxylic acids is 1. The molecule has 1 N–H and O–H groups in total. The molecule has 2 rings (SSSR count). The highest BCUT2D eigenvalue weighted by molar-refractivity contribution is 5.97. The van der Waals surface area contributed by atoms with Gasteiger partial charge in [0.1, 0.15) is 0 Å². The number of amides is 1. The maximum absolute atomic E-state index is 12.1. The van der Waals surface area contributed by atoms with Crippen molar-refractivity contribution >= 4 is 17.6 Å². The number of aliphatic carboxylic acids is 1. The van der Waals surface area contributed by atoms with Gasteiger partial charge in [0.15, 0.2) is 0 Å². The van der Waals surface area contributed by atoms with E-state index in [1.54, 1.807) is 0 Å². The van der Waals surface area contributed by atoms with E-state index < -0.39 is 5.97 Å². The average molecular weight is 264 g/mol. The lowest BCUT2D eigenvalue weighted by molar-refractivity contribution is -0.133. The Bertz CT molecular complexity index is 440. The Hall–Kier alpha value is -1.65. The molecule has 0 aromatic carbocycles. The van der Waals surface area contributed by atoms with Crippen LogP contribution in [-0.2, 0) is 9.59 Å². The van der Waals surface area contributed by atoms with Crippen molar-refractivity contribution in [1.82, 2.24) is 5.01 Å². The zero-order valence-corrected chi connectivity index (χ0v) is 11.4. The van der Waals surface area contributed by atoms with E-state index in [1.807, 2.05) is 0 Å². The molecule has 0 bridgehead atoms. The average Bonchev–Trinajstić information content (AvgIpc) is 2.75. The minimum atomic E-state index is -1.11. The Morgan fingerprint density at radius 3 is 2.74 bits per heavy atom. The summed E-state index contributed by atoms with van der Waals surface area (Å²) in [4.78, 5) is 22.6. The van der Waals surface area contributed by atoms with Crippen molar-refractivity contribution < 1.29 is 14.7 Å². The first-order valence-corrected chi connectivity index (χ1v) is 6.82. The summed E-state index contributed by atoms with van der Waals surface area (Å²) >= 11 is 0. The van der Waals surface area contributed by atoms with Gasteiger partial charge in [-0.2, -0.15) is 5.10 Å². The second-order valence-electron chi connectivity index (χ2n) is 5.53. The van der Waals surface area contributed by atoms with E-state index >= 15 is 0 Å². The van der Waals surface area contributed by atoms with Crippen molar-refractivity contribution in [3.63, 3.8) is 0 Å². The Balaban J connectivity index is 2.20. The van der Waals surface area contributed by atoms with Crippen LogP contribution < -0.4 is 0 Å². The molecular formula is C14H20N2O3. The Morgan fingerprint density at radius 2 is 2.11 bits per heavy atom. The van der Waals surface area contributed by atoms with Gasteiger partial charge in [-0.25, -0.2) is 9.80 Å². The van der Waals surface area contributed by atoms with Crippen LogP contribution in [-0.4, -0.2) is 33.7 Å². The quantitative estimate of drug-likeness (QED) is 0.793. The molecular weight excluding hydrogens is 244 g/mol. The number of nitrogens with zero attached hydrogens (tertiary/aromatic N) is 2. The number of rotatable bonds is 3. The minimum Gasteiger partial charge on any atom is -0.478 e. The highest BCUT2D eigenvalue weighted by atomic mass is 16.4. The fraction of sp³-hybridized carbons (Fsp3) is 0.643. The van der Waals surface area contributed by atoms with Crippen LogP contribution in [0.1, 0.15) is 39.5 Å². The summed E-state index contributed by atoms with van der Waals surface area (Å²) in [6.45, 7) is 4.16. The van der Waals surface area contributed by atoms with Crippen molar-refractivity contribution in [2.75, 3.05) is 0 Å². The fourth-order valence-corrected chi connectivity index (χ4v) is 3.05. The number of carboxylic acid groups (broad SMARTS) is 1. The predicted molar refractivity (Wildman–Crippen MR) is 71.6 cm³/mol. The van der Waals surface area contributed by atoms with E-state index in [2.05, 4.69) is 18.9 Å². The third kappa shape index (κ3) is 2.85. The molecule has 5 heteroatoms. The standard InChI is InChI=1S/C14H20N2O3/c1-9(2)14-10-5-3-4-6-11(10)15-16(14)12(17)7-8-13(18)19/h7-10,14H,3-6H2,1-2H3,(H,18,19)/b8-7+/t10-,14-/m1/s1. The van der Waals surface area contributed by atoms with E-state index in [1.165, 1.54) is 11.4 Å². The zero-order valence-electron chi connectivity index (χ0n) is 11.4. The Kier molecular flexibility index (Phi) is 4.02. The van der Waals surface area contributed by atoms with Gasteiger partial charge in [0.25, 0.3) is 5.91 Å². The minimum absolute atomic E-state index is 0.0706. The van der Waals surface area contributed by atoms with Crippen LogP contribution >= 0.6 is 0 Å². The summed E-state index contributed by atoms with van der Waals surface area (Å²) in [6, 6.07) is 0.0706. The van der Waals surface area contributed by atoms with Crippen molar-refractivity contribution in [1.29, 1.82) is 0 Å². The fourth-order valence-electron chi connectivity index (χ4n) is 3.05. The van der Waals surface area contributed by atoms with E-state index in [9.17, 15) is 9.59 Å². The van der Waals surface area contributed by atoms with Gasteiger partial charge in [-0.3, -0.25) is 4.79 Å². The Morgan fingerprint density at radius 1 is 1.37 bits per heavy atom.